The van der Waals surface area contributed by atoms with Gasteiger partial charge in [-0.3, -0.25) is 4.79 Å². The normalized spacial score (nSPS) is 28.6. The highest BCUT2D eigenvalue weighted by atomic mass is 16.5. The lowest BCUT2D eigenvalue weighted by atomic mass is 9.95. The number of nitrogens with zero attached hydrogens (tertiary/aromatic N) is 1. The van der Waals surface area contributed by atoms with Gasteiger partial charge in [-0.2, -0.15) is 0 Å². The van der Waals surface area contributed by atoms with Crippen molar-refractivity contribution in [2.45, 2.75) is 25.0 Å². The molecule has 2 saturated heterocycles. The number of fused-ring (bicyclic) bond motifs is 1. The smallest absolute Gasteiger partial charge is 0.338 e. The SMILES string of the molecule is O=C(OC[C@@H]1CCN2C(=O)CCC12O)c1ccccc1. The Hall–Kier alpha value is -1.88. The fourth-order valence-corrected chi connectivity index (χ4v) is 3.09. The molecule has 1 amide bonds. The summed E-state index contributed by atoms with van der Waals surface area (Å²) in [6.07, 6.45) is 1.48. The van der Waals surface area contributed by atoms with Crippen LogP contribution in [0.25, 0.3) is 0 Å². The molecule has 1 N–H and O–H groups in total. The largest absolute Gasteiger partial charge is 0.462 e. The molecule has 0 aliphatic carbocycles. The number of hydrogen-bond acceptors (Lipinski definition) is 4. The van der Waals surface area contributed by atoms with Crippen LogP contribution < -0.4 is 0 Å². The van der Waals surface area contributed by atoms with Crippen LogP contribution in [0.3, 0.4) is 0 Å². The lowest BCUT2D eigenvalue weighted by molar-refractivity contribution is -0.145. The zero-order valence-corrected chi connectivity index (χ0v) is 11.1. The first-order valence-electron chi connectivity index (χ1n) is 6.86. The molecule has 20 heavy (non-hydrogen) atoms. The molecule has 5 nitrogen and oxygen atoms in total. The second-order valence-corrected chi connectivity index (χ2v) is 5.37. The van der Waals surface area contributed by atoms with Crippen molar-refractivity contribution in [3.63, 3.8) is 0 Å². The van der Waals surface area contributed by atoms with Gasteiger partial charge in [0, 0.05) is 25.3 Å². The van der Waals surface area contributed by atoms with E-state index in [9.17, 15) is 14.7 Å². The Morgan fingerprint density at radius 2 is 2.15 bits per heavy atom. The van der Waals surface area contributed by atoms with Gasteiger partial charge < -0.3 is 14.7 Å². The molecule has 1 aromatic rings. The summed E-state index contributed by atoms with van der Waals surface area (Å²) in [4.78, 5) is 25.0. The van der Waals surface area contributed by atoms with Gasteiger partial charge >= 0.3 is 5.97 Å². The molecule has 2 aliphatic rings. The molecule has 3 rings (SSSR count). The third-order valence-electron chi connectivity index (χ3n) is 4.26. The van der Waals surface area contributed by atoms with Gasteiger partial charge in [-0.15, -0.1) is 0 Å². The molecular weight excluding hydrogens is 258 g/mol. The summed E-state index contributed by atoms with van der Waals surface area (Å²) in [6, 6.07) is 8.76. The molecule has 1 unspecified atom stereocenters. The molecule has 106 valence electrons. The summed E-state index contributed by atoms with van der Waals surface area (Å²) in [6.45, 7) is 0.691. The number of rotatable bonds is 3. The van der Waals surface area contributed by atoms with Crippen molar-refractivity contribution in [2.24, 2.45) is 5.92 Å². The number of amides is 1. The first-order chi connectivity index (χ1) is 9.61. The summed E-state index contributed by atoms with van der Waals surface area (Å²) in [5, 5.41) is 10.6. The Morgan fingerprint density at radius 3 is 2.90 bits per heavy atom. The first-order valence-corrected chi connectivity index (χ1v) is 6.86. The maximum atomic E-state index is 11.9. The van der Waals surface area contributed by atoms with Crippen molar-refractivity contribution in [1.29, 1.82) is 0 Å². The van der Waals surface area contributed by atoms with Crippen LogP contribution in [0.5, 0.6) is 0 Å². The predicted octanol–water partition coefficient (Wildman–Crippen LogP) is 1.17. The average molecular weight is 275 g/mol. The van der Waals surface area contributed by atoms with Gasteiger partial charge in [0.15, 0.2) is 0 Å². The van der Waals surface area contributed by atoms with Crippen molar-refractivity contribution in [3.05, 3.63) is 35.9 Å². The van der Waals surface area contributed by atoms with Crippen LogP contribution in [-0.2, 0) is 9.53 Å². The lowest BCUT2D eigenvalue weighted by Gasteiger charge is -2.30. The van der Waals surface area contributed by atoms with Crippen LogP contribution in [0.4, 0.5) is 0 Å². The summed E-state index contributed by atoms with van der Waals surface area (Å²) >= 11 is 0. The summed E-state index contributed by atoms with van der Waals surface area (Å²) in [7, 11) is 0. The van der Waals surface area contributed by atoms with E-state index in [1.807, 2.05) is 6.07 Å². The van der Waals surface area contributed by atoms with E-state index < -0.39 is 11.7 Å². The van der Waals surface area contributed by atoms with Gasteiger partial charge in [0.2, 0.25) is 5.91 Å². The van der Waals surface area contributed by atoms with Gasteiger partial charge in [-0.05, 0) is 18.6 Å². The Morgan fingerprint density at radius 1 is 1.40 bits per heavy atom. The number of esters is 1. The molecule has 0 spiro atoms. The van der Waals surface area contributed by atoms with E-state index in [2.05, 4.69) is 0 Å². The monoisotopic (exact) mass is 275 g/mol. The standard InChI is InChI=1S/C15H17NO4/c17-13-6-8-15(19)12(7-9-16(13)15)10-20-14(18)11-4-2-1-3-5-11/h1-5,12,19H,6-10H2/t12-,15?/m0/s1. The molecule has 1 aromatic carbocycles. The van der Waals surface area contributed by atoms with Gasteiger partial charge in [0.1, 0.15) is 5.72 Å². The molecular formula is C15H17NO4. The van der Waals surface area contributed by atoms with Crippen LogP contribution in [-0.4, -0.2) is 40.8 Å². The quantitative estimate of drug-likeness (QED) is 0.841. The van der Waals surface area contributed by atoms with Crippen molar-refractivity contribution < 1.29 is 19.4 Å². The number of carbonyl (C=O) groups excluding carboxylic acids is 2. The molecule has 0 aromatic heterocycles. The highest BCUT2D eigenvalue weighted by molar-refractivity contribution is 5.89. The van der Waals surface area contributed by atoms with Gasteiger partial charge in [-0.1, -0.05) is 18.2 Å². The molecule has 0 radical (unpaired) electrons. The summed E-state index contributed by atoms with van der Waals surface area (Å²) in [5.41, 5.74) is -0.620. The molecule has 2 fully saturated rings. The van der Waals surface area contributed by atoms with E-state index in [1.165, 1.54) is 4.90 Å². The zero-order valence-electron chi connectivity index (χ0n) is 11.1. The Kier molecular flexibility index (Phi) is 3.22. The maximum Gasteiger partial charge on any atom is 0.338 e. The second-order valence-electron chi connectivity index (χ2n) is 5.37. The number of ether oxygens (including phenoxy) is 1. The van der Waals surface area contributed by atoms with E-state index >= 15 is 0 Å². The fourth-order valence-electron chi connectivity index (χ4n) is 3.09. The highest BCUT2D eigenvalue weighted by Crippen LogP contribution is 2.41. The predicted molar refractivity (Wildman–Crippen MR) is 70.7 cm³/mol. The molecule has 0 saturated carbocycles. The van der Waals surface area contributed by atoms with E-state index in [-0.39, 0.29) is 18.4 Å². The van der Waals surface area contributed by atoms with Crippen molar-refractivity contribution in [2.75, 3.05) is 13.2 Å². The third kappa shape index (κ3) is 2.08. The zero-order chi connectivity index (χ0) is 14.2. The Balaban J connectivity index is 1.62. The van der Waals surface area contributed by atoms with Crippen molar-refractivity contribution >= 4 is 11.9 Å². The summed E-state index contributed by atoms with van der Waals surface area (Å²) in [5.74, 6) is -0.594. The molecule has 0 bridgehead atoms. The number of carbonyl (C=O) groups is 2. The second kappa shape index (κ2) is 4.90. The van der Waals surface area contributed by atoms with Crippen LogP contribution >= 0.6 is 0 Å². The molecule has 5 heteroatoms. The van der Waals surface area contributed by atoms with Gasteiger partial charge in [0.25, 0.3) is 0 Å². The lowest BCUT2D eigenvalue weighted by Crippen LogP contribution is -2.45. The molecule has 2 aliphatic heterocycles. The minimum absolute atomic E-state index is 0.00983. The molecule has 2 heterocycles. The van der Waals surface area contributed by atoms with E-state index in [4.69, 9.17) is 4.74 Å². The number of hydrogen-bond donors (Lipinski definition) is 1. The Labute approximate surface area is 117 Å². The Bertz CT molecular complexity index is 530. The van der Waals surface area contributed by atoms with E-state index in [0.717, 1.165) is 0 Å². The van der Waals surface area contributed by atoms with Gasteiger partial charge in [0.05, 0.1) is 12.2 Å². The van der Waals surface area contributed by atoms with E-state index in [0.29, 0.717) is 31.4 Å². The van der Waals surface area contributed by atoms with Crippen molar-refractivity contribution in [3.8, 4) is 0 Å². The number of aliphatic hydroxyl groups is 1. The average Bonchev–Trinajstić information content (AvgIpc) is 2.94. The molecule has 2 atom stereocenters. The van der Waals surface area contributed by atoms with Crippen LogP contribution in [0.2, 0.25) is 0 Å². The first kappa shape index (κ1) is 13.1. The van der Waals surface area contributed by atoms with E-state index in [1.54, 1.807) is 24.3 Å². The van der Waals surface area contributed by atoms with Gasteiger partial charge in [-0.25, -0.2) is 4.79 Å². The number of benzene rings is 1. The fraction of sp³-hybridized carbons (Fsp3) is 0.467. The minimum Gasteiger partial charge on any atom is -0.462 e. The van der Waals surface area contributed by atoms with Crippen LogP contribution in [0.1, 0.15) is 29.6 Å². The van der Waals surface area contributed by atoms with Crippen LogP contribution in [0.15, 0.2) is 30.3 Å². The van der Waals surface area contributed by atoms with Crippen LogP contribution in [0, 0.1) is 5.92 Å². The maximum absolute atomic E-state index is 11.9. The third-order valence-corrected chi connectivity index (χ3v) is 4.26. The van der Waals surface area contributed by atoms with Crippen molar-refractivity contribution in [1.82, 2.24) is 4.90 Å². The minimum atomic E-state index is -1.12. The topological polar surface area (TPSA) is 66.8 Å². The summed E-state index contributed by atoms with van der Waals surface area (Å²) < 4.78 is 5.28. The highest BCUT2D eigenvalue weighted by Gasteiger charge is 2.53.